The van der Waals surface area contributed by atoms with E-state index in [9.17, 15) is 4.79 Å². The van der Waals surface area contributed by atoms with Crippen molar-refractivity contribution in [2.24, 2.45) is 23.5 Å². The van der Waals surface area contributed by atoms with E-state index in [0.29, 0.717) is 24.4 Å². The van der Waals surface area contributed by atoms with Gasteiger partial charge >= 0.3 is 0 Å². The standard InChI is InChI=1S/C21H30N4O.2ClH/c1-2-25-18-9-4-3-8-17(18)24-19(25)10-11-23-21(26)16-12-14-6-5-7-15(13-16)20(14)22;;/h3-4,8-9,14-16,20H,2,5-7,10-13,22H2,1H3,(H,23,26);2*1H. The summed E-state index contributed by atoms with van der Waals surface area (Å²) in [5.74, 6) is 2.50. The lowest BCUT2D eigenvalue weighted by Crippen LogP contribution is -2.49. The highest BCUT2D eigenvalue weighted by molar-refractivity contribution is 5.85. The van der Waals surface area contributed by atoms with Crippen LogP contribution in [0.4, 0.5) is 0 Å². The number of aryl methyl sites for hydroxylation is 1. The van der Waals surface area contributed by atoms with Gasteiger partial charge in [0.25, 0.3) is 0 Å². The SMILES string of the molecule is CCn1c(CCNC(=O)C2CC3CCCC(C2)C3N)nc2ccccc21.Cl.Cl. The van der Waals surface area contributed by atoms with Crippen LogP contribution in [0.2, 0.25) is 0 Å². The quantitative estimate of drug-likeness (QED) is 0.764. The van der Waals surface area contributed by atoms with Gasteiger partial charge in [-0.25, -0.2) is 4.98 Å². The summed E-state index contributed by atoms with van der Waals surface area (Å²) < 4.78 is 2.24. The number of fused-ring (bicyclic) bond motifs is 3. The Bertz CT molecular complexity index is 780. The number of hydrogen-bond donors (Lipinski definition) is 2. The summed E-state index contributed by atoms with van der Waals surface area (Å²) in [5, 5.41) is 3.17. The first-order chi connectivity index (χ1) is 12.7. The molecule has 5 nitrogen and oxygen atoms in total. The third kappa shape index (κ3) is 4.47. The van der Waals surface area contributed by atoms with Gasteiger partial charge in [0.1, 0.15) is 5.82 Å². The van der Waals surface area contributed by atoms with Crippen molar-refractivity contribution in [2.45, 2.75) is 58.0 Å². The van der Waals surface area contributed by atoms with Gasteiger partial charge < -0.3 is 15.6 Å². The molecule has 2 aromatic rings. The van der Waals surface area contributed by atoms with Crippen LogP contribution in [0.25, 0.3) is 11.0 Å². The van der Waals surface area contributed by atoms with Crippen molar-refractivity contribution in [1.29, 1.82) is 0 Å². The maximum absolute atomic E-state index is 12.7. The van der Waals surface area contributed by atoms with E-state index in [4.69, 9.17) is 10.7 Å². The second-order valence-corrected chi connectivity index (χ2v) is 8.00. The molecule has 2 saturated carbocycles. The summed E-state index contributed by atoms with van der Waals surface area (Å²) in [6.45, 7) is 3.69. The molecule has 1 aromatic carbocycles. The van der Waals surface area contributed by atoms with Gasteiger partial charge in [-0.3, -0.25) is 4.79 Å². The van der Waals surface area contributed by atoms with Gasteiger partial charge in [0, 0.05) is 31.5 Å². The van der Waals surface area contributed by atoms with Crippen LogP contribution in [0.1, 0.15) is 44.9 Å². The first-order valence-corrected chi connectivity index (χ1v) is 10.1. The van der Waals surface area contributed by atoms with Crippen molar-refractivity contribution < 1.29 is 4.79 Å². The van der Waals surface area contributed by atoms with Crippen LogP contribution in [0.15, 0.2) is 24.3 Å². The lowest BCUT2D eigenvalue weighted by molar-refractivity contribution is -0.127. The Labute approximate surface area is 179 Å². The lowest BCUT2D eigenvalue weighted by atomic mass is 9.65. The number of rotatable bonds is 5. The van der Waals surface area contributed by atoms with Crippen LogP contribution >= 0.6 is 24.8 Å². The molecule has 2 atom stereocenters. The van der Waals surface area contributed by atoms with Crippen LogP contribution in [0.3, 0.4) is 0 Å². The minimum atomic E-state index is 0. The van der Waals surface area contributed by atoms with Crippen molar-refractivity contribution >= 4 is 41.8 Å². The zero-order valence-electron chi connectivity index (χ0n) is 16.5. The Morgan fingerprint density at radius 3 is 2.57 bits per heavy atom. The number of imidazole rings is 1. The number of aromatic nitrogens is 2. The Hall–Kier alpha value is -1.30. The van der Waals surface area contributed by atoms with Crippen LogP contribution in [0, 0.1) is 17.8 Å². The highest BCUT2D eigenvalue weighted by Gasteiger charge is 2.40. The van der Waals surface area contributed by atoms with Crippen molar-refractivity contribution in [1.82, 2.24) is 14.9 Å². The minimum Gasteiger partial charge on any atom is -0.355 e. The zero-order chi connectivity index (χ0) is 18.1. The molecule has 2 aliphatic rings. The van der Waals surface area contributed by atoms with Gasteiger partial charge in [0.05, 0.1) is 11.0 Å². The smallest absolute Gasteiger partial charge is 0.223 e. The molecule has 1 aromatic heterocycles. The number of carbonyl (C=O) groups excluding carboxylic acids is 1. The van der Waals surface area contributed by atoms with E-state index in [-0.39, 0.29) is 36.6 Å². The topological polar surface area (TPSA) is 72.9 Å². The second-order valence-electron chi connectivity index (χ2n) is 8.00. The summed E-state index contributed by atoms with van der Waals surface area (Å²) in [7, 11) is 0. The molecule has 28 heavy (non-hydrogen) atoms. The van der Waals surface area contributed by atoms with Crippen molar-refractivity contribution in [3.63, 3.8) is 0 Å². The number of benzene rings is 1. The average Bonchev–Trinajstić information content (AvgIpc) is 2.98. The molecule has 0 saturated heterocycles. The summed E-state index contributed by atoms with van der Waals surface area (Å²) in [5.41, 5.74) is 8.55. The van der Waals surface area contributed by atoms with Crippen molar-refractivity contribution in [3.8, 4) is 0 Å². The van der Waals surface area contributed by atoms with Crippen LogP contribution in [-0.2, 0) is 17.8 Å². The third-order valence-corrected chi connectivity index (χ3v) is 6.48. The fourth-order valence-electron chi connectivity index (χ4n) is 5.11. The normalized spacial score (nSPS) is 26.2. The van der Waals surface area contributed by atoms with Gasteiger partial charge in [-0.1, -0.05) is 18.6 Å². The molecule has 0 aliphatic heterocycles. The molecule has 0 radical (unpaired) electrons. The average molecular weight is 427 g/mol. The number of para-hydroxylation sites is 2. The number of nitrogens with zero attached hydrogens (tertiary/aromatic N) is 2. The number of carbonyl (C=O) groups is 1. The third-order valence-electron chi connectivity index (χ3n) is 6.48. The molecule has 2 bridgehead atoms. The van der Waals surface area contributed by atoms with E-state index in [2.05, 4.69) is 22.9 Å². The minimum absolute atomic E-state index is 0. The van der Waals surface area contributed by atoms with Gasteiger partial charge in [-0.05, 0) is 56.6 Å². The van der Waals surface area contributed by atoms with Gasteiger partial charge in [0.15, 0.2) is 0 Å². The van der Waals surface area contributed by atoms with Crippen LogP contribution in [0.5, 0.6) is 0 Å². The molecular formula is C21H32Cl2N4O. The first kappa shape index (κ1) is 23.0. The predicted octanol–water partition coefficient (Wildman–Crippen LogP) is 3.71. The maximum Gasteiger partial charge on any atom is 0.223 e. The number of nitrogens with one attached hydrogen (secondary N) is 1. The fraction of sp³-hybridized carbons (Fsp3) is 0.619. The van der Waals surface area contributed by atoms with Gasteiger partial charge in [-0.15, -0.1) is 24.8 Å². The molecule has 3 N–H and O–H groups in total. The van der Waals surface area contributed by atoms with Crippen LogP contribution in [-0.4, -0.2) is 28.0 Å². The molecule has 156 valence electrons. The monoisotopic (exact) mass is 426 g/mol. The number of hydrogen-bond acceptors (Lipinski definition) is 3. The van der Waals surface area contributed by atoms with E-state index in [1.807, 2.05) is 18.2 Å². The molecule has 2 unspecified atom stereocenters. The number of halogens is 2. The molecule has 2 aliphatic carbocycles. The van der Waals surface area contributed by atoms with Gasteiger partial charge in [0.2, 0.25) is 5.91 Å². The second kappa shape index (κ2) is 9.95. The summed E-state index contributed by atoms with van der Waals surface area (Å²) in [6, 6.07) is 8.54. The Morgan fingerprint density at radius 1 is 1.21 bits per heavy atom. The molecule has 4 rings (SSSR count). The highest BCUT2D eigenvalue weighted by atomic mass is 35.5. The number of nitrogens with two attached hydrogens (primary N) is 1. The van der Waals surface area contributed by atoms with E-state index in [0.717, 1.165) is 37.1 Å². The van der Waals surface area contributed by atoms with Crippen LogP contribution < -0.4 is 11.1 Å². The molecule has 1 heterocycles. The molecule has 0 spiro atoms. The Kier molecular flexibility index (Phi) is 8.17. The van der Waals surface area contributed by atoms with E-state index >= 15 is 0 Å². The Morgan fingerprint density at radius 2 is 1.89 bits per heavy atom. The summed E-state index contributed by atoms with van der Waals surface area (Å²) in [6.07, 6.45) is 6.38. The Balaban J connectivity index is 0.00000140. The molecular weight excluding hydrogens is 395 g/mol. The van der Waals surface area contributed by atoms with E-state index in [1.165, 1.54) is 24.8 Å². The van der Waals surface area contributed by atoms with Crippen molar-refractivity contribution in [2.75, 3.05) is 6.54 Å². The lowest BCUT2D eigenvalue weighted by Gasteiger charge is -2.43. The van der Waals surface area contributed by atoms with Gasteiger partial charge in [-0.2, -0.15) is 0 Å². The predicted molar refractivity (Wildman–Crippen MR) is 118 cm³/mol. The summed E-state index contributed by atoms with van der Waals surface area (Å²) in [4.78, 5) is 17.4. The first-order valence-electron chi connectivity index (χ1n) is 10.1. The molecule has 1 amide bonds. The molecule has 2 fully saturated rings. The van der Waals surface area contributed by atoms with Crippen molar-refractivity contribution in [3.05, 3.63) is 30.1 Å². The van der Waals surface area contributed by atoms with E-state index < -0.39 is 0 Å². The maximum atomic E-state index is 12.7. The summed E-state index contributed by atoms with van der Waals surface area (Å²) >= 11 is 0. The largest absolute Gasteiger partial charge is 0.355 e. The fourth-order valence-corrected chi connectivity index (χ4v) is 5.11. The number of amides is 1. The highest BCUT2D eigenvalue weighted by Crippen LogP contribution is 2.41. The van der Waals surface area contributed by atoms with E-state index in [1.54, 1.807) is 0 Å². The molecule has 7 heteroatoms. The zero-order valence-corrected chi connectivity index (χ0v) is 18.1.